The summed E-state index contributed by atoms with van der Waals surface area (Å²) in [6.07, 6.45) is 6.27. The molecule has 25 heavy (non-hydrogen) atoms. The number of benzene rings is 2. The number of nitrogens with zero attached hydrogens (tertiary/aromatic N) is 1. The second kappa shape index (κ2) is 6.47. The smallest absolute Gasteiger partial charge is 0.226 e. The molecule has 2 aromatic carbocycles. The largest absolute Gasteiger partial charge is 0.369 e. The molecule has 0 radical (unpaired) electrons. The lowest BCUT2D eigenvalue weighted by atomic mass is 9.79. The summed E-state index contributed by atoms with van der Waals surface area (Å²) in [5, 5.41) is 0. The number of nitrogens with two attached hydrogens (primary N) is 1. The maximum atomic E-state index is 12.4. The van der Waals surface area contributed by atoms with E-state index in [2.05, 4.69) is 30.3 Å². The number of amides is 1. The Morgan fingerprint density at radius 3 is 2.44 bits per heavy atom. The highest BCUT2D eigenvalue weighted by molar-refractivity contribution is 6.14. The topological polar surface area (TPSA) is 55.5 Å². The molecule has 3 heteroatoms. The molecule has 1 amide bonds. The Hall–Kier alpha value is -2.42. The number of fused-ring (bicyclic) bond motifs is 1. The van der Waals surface area contributed by atoms with Gasteiger partial charge in [0.25, 0.3) is 0 Å². The molecule has 1 saturated carbocycles. The minimum absolute atomic E-state index is 0.0198. The summed E-state index contributed by atoms with van der Waals surface area (Å²) in [5.74, 6) is -0.659. The normalized spacial score (nSPS) is 19.3. The van der Waals surface area contributed by atoms with Gasteiger partial charge in [0.1, 0.15) is 0 Å². The average molecular weight is 332 g/mol. The van der Waals surface area contributed by atoms with Gasteiger partial charge >= 0.3 is 0 Å². The number of carbonyl (C=O) groups is 1. The van der Waals surface area contributed by atoms with Gasteiger partial charge in [-0.3, -0.25) is 9.79 Å². The van der Waals surface area contributed by atoms with Crippen molar-refractivity contribution in [3.8, 4) is 0 Å². The van der Waals surface area contributed by atoms with Gasteiger partial charge in [0.2, 0.25) is 5.91 Å². The van der Waals surface area contributed by atoms with Gasteiger partial charge in [0.05, 0.1) is 17.2 Å². The Morgan fingerprint density at radius 1 is 1.04 bits per heavy atom. The summed E-state index contributed by atoms with van der Waals surface area (Å²) in [7, 11) is 0. The summed E-state index contributed by atoms with van der Waals surface area (Å²) in [4.78, 5) is 17.5. The zero-order chi connectivity index (χ0) is 17.3. The summed E-state index contributed by atoms with van der Waals surface area (Å²) < 4.78 is 0. The van der Waals surface area contributed by atoms with Crippen LogP contribution in [0.15, 0.2) is 59.6 Å². The standard InChI is InChI=1S/C22H24N2O/c23-21(25)19(14-16-8-2-1-3-9-16)20-18-11-5-4-10-17(18)15-22(24-20)12-6-7-13-22/h1-5,8-11,19H,6-7,12-15H2,(H2,23,25)/t19-/m1/s1. The quantitative estimate of drug-likeness (QED) is 0.912. The van der Waals surface area contributed by atoms with Gasteiger partial charge in [0, 0.05) is 0 Å². The Bertz CT molecular complexity index is 804. The number of hydrogen-bond acceptors (Lipinski definition) is 2. The number of aliphatic imine (C=N–C) groups is 1. The van der Waals surface area contributed by atoms with E-state index in [0.29, 0.717) is 6.42 Å². The van der Waals surface area contributed by atoms with Crippen LogP contribution in [-0.2, 0) is 17.6 Å². The van der Waals surface area contributed by atoms with Gasteiger partial charge in [-0.25, -0.2) is 0 Å². The maximum Gasteiger partial charge on any atom is 0.226 e. The minimum atomic E-state index is -0.374. The van der Waals surface area contributed by atoms with Crippen LogP contribution in [0.2, 0.25) is 0 Å². The van der Waals surface area contributed by atoms with Crippen LogP contribution in [0, 0.1) is 5.92 Å². The van der Waals surface area contributed by atoms with Crippen molar-refractivity contribution in [2.45, 2.75) is 44.1 Å². The molecule has 2 aliphatic rings. The van der Waals surface area contributed by atoms with Crippen molar-refractivity contribution in [1.82, 2.24) is 0 Å². The van der Waals surface area contributed by atoms with Crippen LogP contribution in [0.5, 0.6) is 0 Å². The molecule has 128 valence electrons. The lowest BCUT2D eigenvalue weighted by molar-refractivity contribution is -0.119. The third-order valence-corrected chi connectivity index (χ3v) is 5.66. The van der Waals surface area contributed by atoms with E-state index in [-0.39, 0.29) is 17.4 Å². The van der Waals surface area contributed by atoms with E-state index >= 15 is 0 Å². The van der Waals surface area contributed by atoms with E-state index < -0.39 is 0 Å². The van der Waals surface area contributed by atoms with Crippen molar-refractivity contribution in [1.29, 1.82) is 0 Å². The SMILES string of the molecule is NC(=O)[C@H](Cc1ccccc1)C1=NC2(CCCC2)Cc2ccccc21. The lowest BCUT2D eigenvalue weighted by Crippen LogP contribution is -2.40. The van der Waals surface area contributed by atoms with E-state index in [0.717, 1.165) is 36.1 Å². The molecule has 1 heterocycles. The fourth-order valence-electron chi connectivity index (χ4n) is 4.40. The zero-order valence-corrected chi connectivity index (χ0v) is 14.4. The van der Waals surface area contributed by atoms with E-state index in [1.54, 1.807) is 0 Å². The van der Waals surface area contributed by atoms with E-state index in [1.165, 1.54) is 18.4 Å². The number of rotatable bonds is 4. The first-order valence-electron chi connectivity index (χ1n) is 9.18. The third kappa shape index (κ3) is 3.11. The summed E-state index contributed by atoms with van der Waals surface area (Å²) in [5.41, 5.74) is 10.3. The molecule has 0 bridgehead atoms. The van der Waals surface area contributed by atoms with Gasteiger partial charge < -0.3 is 5.73 Å². The van der Waals surface area contributed by atoms with Crippen molar-refractivity contribution in [2.24, 2.45) is 16.6 Å². The van der Waals surface area contributed by atoms with E-state index in [9.17, 15) is 4.79 Å². The molecule has 1 spiro atoms. The number of carbonyl (C=O) groups excluding carboxylic acids is 1. The molecular formula is C22H24N2O. The lowest BCUT2D eigenvalue weighted by Gasteiger charge is -2.34. The van der Waals surface area contributed by atoms with Gasteiger partial charge in [-0.05, 0) is 42.4 Å². The summed E-state index contributed by atoms with van der Waals surface area (Å²) in [6.45, 7) is 0. The van der Waals surface area contributed by atoms with Gasteiger partial charge in [-0.15, -0.1) is 0 Å². The van der Waals surface area contributed by atoms with Crippen LogP contribution in [0.1, 0.15) is 42.4 Å². The fraction of sp³-hybridized carbons (Fsp3) is 0.364. The molecule has 2 N–H and O–H groups in total. The van der Waals surface area contributed by atoms with Crippen LogP contribution in [0.3, 0.4) is 0 Å². The predicted octanol–water partition coefficient (Wildman–Crippen LogP) is 3.69. The monoisotopic (exact) mass is 332 g/mol. The first kappa shape index (κ1) is 16.1. The molecule has 0 aromatic heterocycles. The molecule has 1 fully saturated rings. The Kier molecular flexibility index (Phi) is 4.16. The van der Waals surface area contributed by atoms with E-state index in [4.69, 9.17) is 10.7 Å². The second-order valence-electron chi connectivity index (χ2n) is 7.41. The van der Waals surface area contributed by atoms with Crippen LogP contribution < -0.4 is 5.73 Å². The first-order valence-corrected chi connectivity index (χ1v) is 9.18. The van der Waals surface area contributed by atoms with Crippen molar-refractivity contribution >= 4 is 11.6 Å². The van der Waals surface area contributed by atoms with Crippen LogP contribution >= 0.6 is 0 Å². The highest BCUT2D eigenvalue weighted by Crippen LogP contribution is 2.41. The van der Waals surface area contributed by atoms with Gasteiger partial charge in [-0.1, -0.05) is 67.4 Å². The van der Waals surface area contributed by atoms with Crippen molar-refractivity contribution in [3.05, 3.63) is 71.3 Å². The van der Waals surface area contributed by atoms with Crippen molar-refractivity contribution < 1.29 is 4.79 Å². The number of hydrogen-bond donors (Lipinski definition) is 1. The van der Waals surface area contributed by atoms with Crippen molar-refractivity contribution in [3.63, 3.8) is 0 Å². The molecule has 1 atom stereocenters. The second-order valence-corrected chi connectivity index (χ2v) is 7.41. The Balaban J connectivity index is 1.78. The fourth-order valence-corrected chi connectivity index (χ4v) is 4.40. The van der Waals surface area contributed by atoms with Crippen LogP contribution in [0.25, 0.3) is 0 Å². The maximum absolute atomic E-state index is 12.4. The van der Waals surface area contributed by atoms with Gasteiger partial charge in [-0.2, -0.15) is 0 Å². The molecular weight excluding hydrogens is 308 g/mol. The molecule has 1 aliphatic heterocycles. The third-order valence-electron chi connectivity index (χ3n) is 5.66. The highest BCUT2D eigenvalue weighted by atomic mass is 16.1. The molecule has 1 aliphatic carbocycles. The summed E-state index contributed by atoms with van der Waals surface area (Å²) in [6, 6.07) is 18.5. The van der Waals surface area contributed by atoms with Crippen LogP contribution in [0.4, 0.5) is 0 Å². The summed E-state index contributed by atoms with van der Waals surface area (Å²) >= 11 is 0. The van der Waals surface area contributed by atoms with Crippen molar-refractivity contribution in [2.75, 3.05) is 0 Å². The zero-order valence-electron chi connectivity index (χ0n) is 14.4. The Labute approximate surface area is 149 Å². The first-order chi connectivity index (χ1) is 12.2. The number of primary amides is 1. The molecule has 2 aromatic rings. The molecule has 3 nitrogen and oxygen atoms in total. The van der Waals surface area contributed by atoms with E-state index in [1.807, 2.05) is 24.3 Å². The molecule has 0 unspecified atom stereocenters. The molecule has 0 saturated heterocycles. The highest BCUT2D eigenvalue weighted by Gasteiger charge is 2.40. The van der Waals surface area contributed by atoms with Crippen LogP contribution in [-0.4, -0.2) is 17.2 Å². The average Bonchev–Trinajstić information content (AvgIpc) is 3.07. The predicted molar refractivity (Wildman–Crippen MR) is 101 cm³/mol. The Morgan fingerprint density at radius 2 is 1.72 bits per heavy atom. The van der Waals surface area contributed by atoms with Gasteiger partial charge in [0.15, 0.2) is 0 Å². The molecule has 4 rings (SSSR count). The minimum Gasteiger partial charge on any atom is -0.369 e.